The molecule has 0 N–H and O–H groups in total. The largest absolute Gasteiger partial charge is 0.465 e. The van der Waals surface area contributed by atoms with E-state index in [0.29, 0.717) is 12.7 Å². The summed E-state index contributed by atoms with van der Waals surface area (Å²) in [6.07, 6.45) is 5.10. The normalized spacial score (nSPS) is 25.3. The van der Waals surface area contributed by atoms with Gasteiger partial charge >= 0.3 is 19.1 Å². The van der Waals surface area contributed by atoms with Crippen molar-refractivity contribution in [3.05, 3.63) is 24.3 Å². The quantitative estimate of drug-likeness (QED) is 0.285. The first kappa shape index (κ1) is 22.7. The maximum atomic E-state index is 12.6. The van der Waals surface area contributed by atoms with Crippen molar-refractivity contribution in [2.75, 3.05) is 13.2 Å². The summed E-state index contributed by atoms with van der Waals surface area (Å²) >= 11 is 0. The van der Waals surface area contributed by atoms with Crippen LogP contribution in [-0.4, -0.2) is 43.5 Å². The predicted molar refractivity (Wildman–Crippen MR) is 108 cm³/mol. The van der Waals surface area contributed by atoms with Gasteiger partial charge < -0.3 is 18.8 Å². The second-order valence-corrected chi connectivity index (χ2v) is 8.52. The van der Waals surface area contributed by atoms with Gasteiger partial charge in [0.1, 0.15) is 0 Å². The van der Waals surface area contributed by atoms with Gasteiger partial charge in [0.05, 0.1) is 24.4 Å². The second kappa shape index (κ2) is 8.41. The number of carbonyl (C=O) groups is 2. The van der Waals surface area contributed by atoms with Crippen LogP contribution in [0.15, 0.2) is 24.3 Å². The topological polar surface area (TPSA) is 71.1 Å². The Morgan fingerprint density at radius 1 is 1.11 bits per heavy atom. The molecule has 0 aromatic heterocycles. The maximum Gasteiger partial charge on any atom is 0.461 e. The summed E-state index contributed by atoms with van der Waals surface area (Å²) in [4.78, 5) is 25.1. The minimum absolute atomic E-state index is 0.101. The fraction of sp³-hybridized carbons (Fsp3) is 0.714. The molecule has 0 aromatic carbocycles. The Hall–Kier alpha value is -1.60. The van der Waals surface area contributed by atoms with E-state index in [4.69, 9.17) is 18.8 Å². The lowest BCUT2D eigenvalue weighted by molar-refractivity contribution is -0.171. The Kier molecular flexibility index (Phi) is 6.82. The summed E-state index contributed by atoms with van der Waals surface area (Å²) in [6.45, 7) is 16.0. The van der Waals surface area contributed by atoms with Gasteiger partial charge in [0.25, 0.3) is 0 Å². The highest BCUT2D eigenvalue weighted by molar-refractivity contribution is 6.46. The fourth-order valence-corrected chi connectivity index (χ4v) is 3.66. The van der Waals surface area contributed by atoms with Crippen molar-refractivity contribution in [1.29, 1.82) is 0 Å². The molecule has 0 radical (unpaired) electrons. The molecular formula is C21H33BO6. The van der Waals surface area contributed by atoms with E-state index in [-0.39, 0.29) is 43.9 Å². The number of ether oxygens (including phenoxy) is 2. The zero-order chi connectivity index (χ0) is 21.2. The van der Waals surface area contributed by atoms with Crippen LogP contribution >= 0.6 is 0 Å². The molecule has 0 spiro atoms. The number of esters is 2. The lowest BCUT2D eigenvalue weighted by Gasteiger charge is -2.32. The van der Waals surface area contributed by atoms with Crippen LogP contribution in [0, 0.1) is 11.3 Å². The van der Waals surface area contributed by atoms with E-state index in [1.807, 2.05) is 39.8 Å². The van der Waals surface area contributed by atoms with Crippen molar-refractivity contribution in [2.45, 2.75) is 71.9 Å². The molecule has 0 amide bonds. The van der Waals surface area contributed by atoms with Crippen LogP contribution in [0.1, 0.15) is 54.4 Å². The van der Waals surface area contributed by atoms with Crippen LogP contribution in [0.25, 0.3) is 0 Å². The van der Waals surface area contributed by atoms with Crippen molar-refractivity contribution in [1.82, 2.24) is 0 Å². The summed E-state index contributed by atoms with van der Waals surface area (Å²) in [6, 6.07) is 0. The molecule has 1 aliphatic carbocycles. The molecule has 156 valence electrons. The predicted octanol–water partition coefficient (Wildman–Crippen LogP) is 3.71. The first-order valence-corrected chi connectivity index (χ1v) is 10.0. The van der Waals surface area contributed by atoms with Crippen molar-refractivity contribution < 1.29 is 28.4 Å². The number of hydrogen-bond donors (Lipinski definition) is 0. The highest BCUT2D eigenvalue weighted by Crippen LogP contribution is 2.47. The third kappa shape index (κ3) is 4.36. The molecule has 1 unspecified atom stereocenters. The van der Waals surface area contributed by atoms with Crippen molar-refractivity contribution in [3.8, 4) is 0 Å². The first-order valence-electron chi connectivity index (χ1n) is 10.0. The van der Waals surface area contributed by atoms with Gasteiger partial charge in [0.15, 0.2) is 5.41 Å². The highest BCUT2D eigenvalue weighted by atomic mass is 16.7. The summed E-state index contributed by atoms with van der Waals surface area (Å²) in [5.74, 6) is -1.16. The molecule has 0 aromatic rings. The summed E-state index contributed by atoms with van der Waals surface area (Å²) in [5, 5.41) is 0. The minimum Gasteiger partial charge on any atom is -0.465 e. The molecule has 1 saturated heterocycles. The van der Waals surface area contributed by atoms with E-state index < -0.39 is 17.4 Å². The summed E-state index contributed by atoms with van der Waals surface area (Å²) in [5.41, 5.74) is -1.22. The molecule has 1 aliphatic heterocycles. The SMILES string of the molecule is C=C1CC(C(=O)OCC)(C(=O)OCC)CC1/C=C/CB1OC(C)(C)C(C)(C)O1. The number of hydrogen-bond acceptors (Lipinski definition) is 6. The van der Waals surface area contributed by atoms with Crippen LogP contribution in [-0.2, 0) is 28.4 Å². The summed E-state index contributed by atoms with van der Waals surface area (Å²) in [7, 11) is -0.323. The molecule has 2 aliphatic rings. The van der Waals surface area contributed by atoms with Crippen molar-refractivity contribution in [2.24, 2.45) is 11.3 Å². The highest BCUT2D eigenvalue weighted by Gasteiger charge is 2.55. The first-order chi connectivity index (χ1) is 13.0. The molecule has 1 atom stereocenters. The van der Waals surface area contributed by atoms with Gasteiger partial charge in [-0.15, -0.1) is 0 Å². The van der Waals surface area contributed by atoms with Gasteiger partial charge in [-0.25, -0.2) is 0 Å². The lowest BCUT2D eigenvalue weighted by atomic mass is 9.83. The minimum atomic E-state index is -1.30. The lowest BCUT2D eigenvalue weighted by Crippen LogP contribution is -2.41. The molecule has 2 fully saturated rings. The zero-order valence-electron chi connectivity index (χ0n) is 18.0. The molecule has 0 bridgehead atoms. The molecule has 2 rings (SSSR count). The van der Waals surface area contributed by atoms with Crippen LogP contribution in [0.4, 0.5) is 0 Å². The van der Waals surface area contributed by atoms with Crippen LogP contribution in [0.2, 0.25) is 6.32 Å². The summed E-state index contributed by atoms with van der Waals surface area (Å²) < 4.78 is 22.3. The Balaban J connectivity index is 2.07. The smallest absolute Gasteiger partial charge is 0.461 e. The van der Waals surface area contributed by atoms with Gasteiger partial charge in [-0.05, 0) is 60.3 Å². The van der Waals surface area contributed by atoms with E-state index in [2.05, 4.69) is 6.58 Å². The van der Waals surface area contributed by atoms with Gasteiger partial charge in [-0.1, -0.05) is 24.3 Å². The standard InChI is InChI=1S/C21H33BO6/c1-8-25-17(23)21(18(24)26-9-2)13-15(3)16(14-21)11-10-12-22-27-19(4,5)20(6,7)28-22/h10-11,16H,3,8-9,12-14H2,1-2,4-7H3/b11-10+. The third-order valence-corrected chi connectivity index (χ3v) is 5.95. The molecule has 1 heterocycles. The number of allylic oxidation sites excluding steroid dienone is 3. The molecule has 6 nitrogen and oxygen atoms in total. The Morgan fingerprint density at radius 2 is 1.61 bits per heavy atom. The Bertz CT molecular complexity index is 617. The Morgan fingerprint density at radius 3 is 2.07 bits per heavy atom. The van der Waals surface area contributed by atoms with E-state index in [0.717, 1.165) is 5.57 Å². The number of rotatable bonds is 7. The van der Waals surface area contributed by atoms with Gasteiger partial charge in [0.2, 0.25) is 0 Å². The average molecular weight is 392 g/mol. The maximum absolute atomic E-state index is 12.6. The average Bonchev–Trinajstić information content (AvgIpc) is 3.02. The van der Waals surface area contributed by atoms with Crippen LogP contribution in [0.5, 0.6) is 0 Å². The van der Waals surface area contributed by atoms with E-state index in [9.17, 15) is 9.59 Å². The fourth-order valence-electron chi connectivity index (χ4n) is 3.66. The van der Waals surface area contributed by atoms with Gasteiger partial charge in [0, 0.05) is 6.32 Å². The van der Waals surface area contributed by atoms with Crippen LogP contribution < -0.4 is 0 Å². The van der Waals surface area contributed by atoms with E-state index >= 15 is 0 Å². The number of carbonyl (C=O) groups excluding carboxylic acids is 2. The molecule has 1 saturated carbocycles. The van der Waals surface area contributed by atoms with E-state index in [1.54, 1.807) is 13.8 Å². The van der Waals surface area contributed by atoms with Crippen molar-refractivity contribution >= 4 is 19.1 Å². The molecule has 28 heavy (non-hydrogen) atoms. The van der Waals surface area contributed by atoms with Crippen LogP contribution in [0.3, 0.4) is 0 Å². The van der Waals surface area contributed by atoms with Crippen molar-refractivity contribution in [3.63, 3.8) is 0 Å². The van der Waals surface area contributed by atoms with Gasteiger partial charge in [-0.3, -0.25) is 9.59 Å². The molecule has 7 heteroatoms. The molecular weight excluding hydrogens is 359 g/mol. The second-order valence-electron chi connectivity index (χ2n) is 8.52. The van der Waals surface area contributed by atoms with Gasteiger partial charge in [-0.2, -0.15) is 0 Å². The monoisotopic (exact) mass is 392 g/mol. The Labute approximate surface area is 168 Å². The zero-order valence-corrected chi connectivity index (χ0v) is 18.0. The third-order valence-electron chi connectivity index (χ3n) is 5.95. The van der Waals surface area contributed by atoms with E-state index in [1.165, 1.54) is 0 Å².